The second kappa shape index (κ2) is 3.88. The van der Waals surface area contributed by atoms with Gasteiger partial charge in [-0.15, -0.1) is 0 Å². The van der Waals surface area contributed by atoms with Crippen LogP contribution in [0.3, 0.4) is 0 Å². The number of carboxylic acids is 2. The highest BCUT2D eigenvalue weighted by molar-refractivity contribution is 5.77. The molecule has 0 spiro atoms. The van der Waals surface area contributed by atoms with E-state index in [1.165, 1.54) is 0 Å². The molecule has 1 radical (unpaired) electrons. The molecule has 0 amide bonds. The van der Waals surface area contributed by atoms with Gasteiger partial charge < -0.3 is 10.2 Å². The van der Waals surface area contributed by atoms with Crippen molar-refractivity contribution in [1.82, 2.24) is 0 Å². The molecular weight excluding hydrogens is 124 g/mol. The molecule has 0 heterocycles. The van der Waals surface area contributed by atoms with Crippen molar-refractivity contribution in [1.29, 1.82) is 0 Å². The molecule has 4 heteroatoms. The average Bonchev–Trinajstić information content (AvgIpc) is 1.63. The van der Waals surface area contributed by atoms with Gasteiger partial charge in [-0.3, -0.25) is 9.59 Å². The minimum atomic E-state index is -1.07. The quantitative estimate of drug-likeness (QED) is 0.569. The lowest BCUT2D eigenvalue weighted by atomic mass is 10.2. The number of carbonyl (C=O) groups is 2. The summed E-state index contributed by atoms with van der Waals surface area (Å²) in [6.45, 7) is 0. The predicted octanol–water partition coefficient (Wildman–Crippen LogP) is 0.140. The minimum Gasteiger partial charge on any atom is -0.481 e. The summed E-state index contributed by atoms with van der Waals surface area (Å²) in [5, 5.41) is 16.0. The van der Waals surface area contributed by atoms with Gasteiger partial charge in [-0.1, -0.05) is 0 Å². The molecule has 51 valence electrons. The summed E-state index contributed by atoms with van der Waals surface area (Å²) in [5.74, 6) is -2.05. The van der Waals surface area contributed by atoms with E-state index in [1.807, 2.05) is 0 Å². The van der Waals surface area contributed by atoms with Gasteiger partial charge in [0, 0.05) is 6.42 Å². The smallest absolute Gasteiger partial charge is 0.307 e. The van der Waals surface area contributed by atoms with Gasteiger partial charge in [-0.05, 0) is 6.42 Å². The monoisotopic (exact) mass is 131 g/mol. The first-order valence-corrected chi connectivity index (χ1v) is 2.41. The second-order valence-electron chi connectivity index (χ2n) is 1.47. The van der Waals surface area contributed by atoms with E-state index in [9.17, 15) is 9.59 Å². The topological polar surface area (TPSA) is 74.6 Å². The summed E-state index contributed by atoms with van der Waals surface area (Å²) >= 11 is 0. The Morgan fingerprint density at radius 2 is 1.89 bits per heavy atom. The van der Waals surface area contributed by atoms with Crippen LogP contribution in [0.25, 0.3) is 0 Å². The predicted molar refractivity (Wildman–Crippen MR) is 28.8 cm³/mol. The highest BCUT2D eigenvalue weighted by atomic mass is 16.4. The third-order valence-corrected chi connectivity index (χ3v) is 0.677. The molecule has 2 N–H and O–H groups in total. The summed E-state index contributed by atoms with van der Waals surface area (Å²) in [7, 11) is 0. The molecule has 0 fully saturated rings. The first-order chi connectivity index (χ1) is 4.13. The molecule has 0 aromatic rings. The Kier molecular flexibility index (Phi) is 3.43. The van der Waals surface area contributed by atoms with Crippen molar-refractivity contribution in [3.63, 3.8) is 0 Å². The van der Waals surface area contributed by atoms with Crippen LogP contribution in [0.1, 0.15) is 12.8 Å². The van der Waals surface area contributed by atoms with E-state index in [2.05, 4.69) is 0 Å². The van der Waals surface area contributed by atoms with E-state index in [1.54, 1.807) is 0 Å². The van der Waals surface area contributed by atoms with Crippen molar-refractivity contribution < 1.29 is 19.8 Å². The lowest BCUT2D eigenvalue weighted by Gasteiger charge is -1.88. The highest BCUT2D eigenvalue weighted by Gasteiger charge is 2.00. The van der Waals surface area contributed by atoms with Crippen molar-refractivity contribution in [2.24, 2.45) is 0 Å². The maximum absolute atomic E-state index is 9.77. The Balaban J connectivity index is 3.10. The lowest BCUT2D eigenvalue weighted by Crippen LogP contribution is -1.99. The van der Waals surface area contributed by atoms with Gasteiger partial charge in [-0.25, -0.2) is 0 Å². The third-order valence-electron chi connectivity index (χ3n) is 0.677. The van der Waals surface area contributed by atoms with Crippen molar-refractivity contribution in [3.05, 3.63) is 6.42 Å². The molecule has 0 aromatic carbocycles. The van der Waals surface area contributed by atoms with Gasteiger partial charge in [0.2, 0.25) is 0 Å². The standard InChI is InChI=1S/C5H7O4/c6-4(7)2-1-3-5(8)9/h2H,1,3H2,(H,6,7)(H,8,9). The van der Waals surface area contributed by atoms with Crippen LogP contribution in [-0.4, -0.2) is 22.2 Å². The maximum Gasteiger partial charge on any atom is 0.307 e. The Morgan fingerprint density at radius 3 is 2.22 bits per heavy atom. The fraction of sp³-hybridized carbons (Fsp3) is 0.400. The summed E-state index contributed by atoms with van der Waals surface area (Å²) in [5.41, 5.74) is 0. The van der Waals surface area contributed by atoms with Crippen molar-refractivity contribution in [3.8, 4) is 0 Å². The zero-order chi connectivity index (χ0) is 7.28. The second-order valence-corrected chi connectivity index (χ2v) is 1.47. The van der Waals surface area contributed by atoms with E-state index in [-0.39, 0.29) is 12.8 Å². The Bertz CT molecular complexity index is 104. The van der Waals surface area contributed by atoms with Crippen LogP contribution in [0.4, 0.5) is 0 Å². The van der Waals surface area contributed by atoms with Crippen LogP contribution in [-0.2, 0) is 9.59 Å². The van der Waals surface area contributed by atoms with E-state index in [4.69, 9.17) is 10.2 Å². The summed E-state index contributed by atoms with van der Waals surface area (Å²) in [6.07, 6.45) is 0.894. The molecule has 0 rings (SSSR count). The number of hydrogen-bond acceptors (Lipinski definition) is 2. The molecule has 9 heavy (non-hydrogen) atoms. The Labute approximate surface area is 52.1 Å². The lowest BCUT2D eigenvalue weighted by molar-refractivity contribution is -0.137. The molecule has 0 saturated heterocycles. The minimum absolute atomic E-state index is 0.0880. The Hall–Kier alpha value is -1.06. The van der Waals surface area contributed by atoms with Gasteiger partial charge in [0.1, 0.15) is 0 Å². The van der Waals surface area contributed by atoms with Gasteiger partial charge in [0.25, 0.3) is 0 Å². The number of aliphatic carboxylic acids is 2. The number of hydrogen-bond donors (Lipinski definition) is 2. The molecule has 0 aliphatic heterocycles. The summed E-state index contributed by atoms with van der Waals surface area (Å²) in [6, 6.07) is 0. The van der Waals surface area contributed by atoms with Crippen LogP contribution in [0, 0.1) is 6.42 Å². The van der Waals surface area contributed by atoms with E-state index in [0.717, 1.165) is 6.42 Å². The molecular formula is C5H7O4. The number of rotatable bonds is 4. The zero-order valence-electron chi connectivity index (χ0n) is 4.70. The van der Waals surface area contributed by atoms with Gasteiger partial charge in [-0.2, -0.15) is 0 Å². The molecule has 0 saturated carbocycles. The van der Waals surface area contributed by atoms with Gasteiger partial charge in [0.05, 0.1) is 6.42 Å². The molecule has 0 aliphatic carbocycles. The average molecular weight is 131 g/mol. The molecule has 0 unspecified atom stereocenters. The van der Waals surface area contributed by atoms with E-state index in [0.29, 0.717) is 0 Å². The third kappa shape index (κ3) is 6.94. The largest absolute Gasteiger partial charge is 0.481 e. The molecule has 4 nitrogen and oxygen atoms in total. The first kappa shape index (κ1) is 7.94. The Morgan fingerprint density at radius 1 is 1.33 bits per heavy atom. The SMILES string of the molecule is O=C(O)[CH]CCC(=O)O. The maximum atomic E-state index is 9.77. The molecule has 0 aromatic heterocycles. The van der Waals surface area contributed by atoms with E-state index < -0.39 is 11.9 Å². The molecule has 0 atom stereocenters. The van der Waals surface area contributed by atoms with Crippen LogP contribution in [0.5, 0.6) is 0 Å². The summed E-state index contributed by atoms with van der Waals surface area (Å²) in [4.78, 5) is 19.5. The fourth-order valence-corrected chi connectivity index (χ4v) is 0.319. The van der Waals surface area contributed by atoms with Gasteiger partial charge in [0.15, 0.2) is 0 Å². The van der Waals surface area contributed by atoms with Crippen molar-refractivity contribution in [2.75, 3.05) is 0 Å². The molecule has 0 bridgehead atoms. The summed E-state index contributed by atoms with van der Waals surface area (Å²) < 4.78 is 0. The van der Waals surface area contributed by atoms with Crippen LogP contribution >= 0.6 is 0 Å². The van der Waals surface area contributed by atoms with E-state index >= 15 is 0 Å². The first-order valence-electron chi connectivity index (χ1n) is 2.41. The van der Waals surface area contributed by atoms with Crippen LogP contribution in [0.15, 0.2) is 0 Å². The zero-order valence-corrected chi connectivity index (χ0v) is 4.70. The highest BCUT2D eigenvalue weighted by Crippen LogP contribution is 1.92. The normalized spacial score (nSPS) is 8.89. The number of carboxylic acid groups (broad SMARTS) is 2. The molecule has 0 aliphatic rings. The fourth-order valence-electron chi connectivity index (χ4n) is 0.319. The van der Waals surface area contributed by atoms with Crippen molar-refractivity contribution >= 4 is 11.9 Å². The van der Waals surface area contributed by atoms with Crippen LogP contribution < -0.4 is 0 Å². The van der Waals surface area contributed by atoms with Crippen molar-refractivity contribution in [2.45, 2.75) is 12.8 Å². The van der Waals surface area contributed by atoms with Gasteiger partial charge >= 0.3 is 11.9 Å². The van der Waals surface area contributed by atoms with Crippen LogP contribution in [0.2, 0.25) is 0 Å².